The molecule has 0 aromatic rings. The Kier molecular flexibility index (Phi) is 4.13. The van der Waals surface area contributed by atoms with Gasteiger partial charge in [-0.2, -0.15) is 0 Å². The lowest BCUT2D eigenvalue weighted by Gasteiger charge is -2.23. The molecular formula is C12H20N2O4S. The first-order chi connectivity index (χ1) is 8.87. The van der Waals surface area contributed by atoms with Gasteiger partial charge in [-0.3, -0.25) is 9.59 Å². The highest BCUT2D eigenvalue weighted by Crippen LogP contribution is 2.34. The SMILES string of the molecule is CS(=O)(=O)CCCN1CCC(=O)NC(C2CC2)C1=O. The lowest BCUT2D eigenvalue weighted by atomic mass is 10.1. The molecule has 0 aromatic carbocycles. The van der Waals surface area contributed by atoms with Gasteiger partial charge in [-0.25, -0.2) is 8.42 Å². The number of sulfone groups is 1. The van der Waals surface area contributed by atoms with Crippen molar-refractivity contribution < 1.29 is 18.0 Å². The lowest BCUT2D eigenvalue weighted by molar-refractivity contribution is -0.134. The van der Waals surface area contributed by atoms with Gasteiger partial charge in [-0.1, -0.05) is 0 Å². The zero-order valence-electron chi connectivity index (χ0n) is 11.1. The molecule has 19 heavy (non-hydrogen) atoms. The topological polar surface area (TPSA) is 83.6 Å². The van der Waals surface area contributed by atoms with E-state index in [9.17, 15) is 18.0 Å². The van der Waals surface area contributed by atoms with Crippen LogP contribution in [0.1, 0.15) is 25.7 Å². The highest BCUT2D eigenvalue weighted by molar-refractivity contribution is 7.90. The Balaban J connectivity index is 1.94. The third-order valence-corrected chi connectivity index (χ3v) is 4.57. The summed E-state index contributed by atoms with van der Waals surface area (Å²) >= 11 is 0. The van der Waals surface area contributed by atoms with Crippen LogP contribution in [0.25, 0.3) is 0 Å². The lowest BCUT2D eigenvalue weighted by Crippen LogP contribution is -2.46. The average molecular weight is 288 g/mol. The minimum atomic E-state index is -3.00. The van der Waals surface area contributed by atoms with Crippen molar-refractivity contribution in [2.75, 3.05) is 25.1 Å². The highest BCUT2D eigenvalue weighted by Gasteiger charge is 2.40. The fourth-order valence-electron chi connectivity index (χ4n) is 2.34. The van der Waals surface area contributed by atoms with E-state index in [1.54, 1.807) is 4.90 Å². The van der Waals surface area contributed by atoms with Gasteiger partial charge in [0.2, 0.25) is 11.8 Å². The van der Waals surface area contributed by atoms with Crippen LogP contribution in [0, 0.1) is 5.92 Å². The Hall–Kier alpha value is -1.11. The molecule has 0 bridgehead atoms. The van der Waals surface area contributed by atoms with Gasteiger partial charge in [0.1, 0.15) is 15.9 Å². The van der Waals surface area contributed by atoms with Gasteiger partial charge in [-0.15, -0.1) is 0 Å². The smallest absolute Gasteiger partial charge is 0.245 e. The van der Waals surface area contributed by atoms with Crippen LogP contribution >= 0.6 is 0 Å². The average Bonchev–Trinajstić information content (AvgIpc) is 3.11. The van der Waals surface area contributed by atoms with Crippen molar-refractivity contribution in [3.05, 3.63) is 0 Å². The van der Waals surface area contributed by atoms with Crippen molar-refractivity contribution >= 4 is 21.7 Å². The van der Waals surface area contributed by atoms with Crippen LogP contribution in [0.3, 0.4) is 0 Å². The molecule has 0 spiro atoms. The second-order valence-corrected chi connectivity index (χ2v) is 7.70. The third kappa shape index (κ3) is 4.19. The first-order valence-electron chi connectivity index (χ1n) is 6.63. The van der Waals surface area contributed by atoms with E-state index in [0.717, 1.165) is 12.8 Å². The molecule has 6 nitrogen and oxygen atoms in total. The maximum atomic E-state index is 12.3. The largest absolute Gasteiger partial charge is 0.344 e. The van der Waals surface area contributed by atoms with E-state index >= 15 is 0 Å². The zero-order valence-corrected chi connectivity index (χ0v) is 11.9. The molecule has 0 radical (unpaired) electrons. The van der Waals surface area contributed by atoms with Crippen molar-refractivity contribution in [2.24, 2.45) is 5.92 Å². The van der Waals surface area contributed by atoms with Gasteiger partial charge >= 0.3 is 0 Å². The number of hydrogen-bond acceptors (Lipinski definition) is 4. The molecule has 1 saturated heterocycles. The van der Waals surface area contributed by atoms with Crippen LogP contribution < -0.4 is 5.32 Å². The monoisotopic (exact) mass is 288 g/mol. The number of nitrogens with zero attached hydrogens (tertiary/aromatic N) is 1. The molecule has 2 rings (SSSR count). The molecular weight excluding hydrogens is 268 g/mol. The van der Waals surface area contributed by atoms with Crippen LogP contribution in [0.2, 0.25) is 0 Å². The maximum absolute atomic E-state index is 12.3. The number of carbonyl (C=O) groups excluding carboxylic acids is 2. The predicted molar refractivity (Wildman–Crippen MR) is 70.2 cm³/mol. The number of hydrogen-bond donors (Lipinski definition) is 1. The standard InChI is InChI=1S/C12H20N2O4S/c1-19(17,18)8-2-6-14-7-5-10(15)13-11(12(14)16)9-3-4-9/h9,11H,2-8H2,1H3,(H,13,15). The van der Waals surface area contributed by atoms with Crippen molar-refractivity contribution in [3.63, 3.8) is 0 Å². The molecule has 7 heteroatoms. The summed E-state index contributed by atoms with van der Waals surface area (Å²) in [5.74, 6) is 0.205. The highest BCUT2D eigenvalue weighted by atomic mass is 32.2. The van der Waals surface area contributed by atoms with Gasteiger partial charge in [-0.05, 0) is 25.2 Å². The Morgan fingerprint density at radius 2 is 2.00 bits per heavy atom. The van der Waals surface area contributed by atoms with Crippen LogP contribution in [0.15, 0.2) is 0 Å². The quantitative estimate of drug-likeness (QED) is 0.742. The number of amides is 2. The molecule has 1 unspecified atom stereocenters. The molecule has 1 aliphatic carbocycles. The summed E-state index contributed by atoms with van der Waals surface area (Å²) in [7, 11) is -3.00. The van der Waals surface area contributed by atoms with Crippen molar-refractivity contribution in [1.29, 1.82) is 0 Å². The second kappa shape index (κ2) is 5.48. The molecule has 2 aliphatic rings. The van der Waals surface area contributed by atoms with E-state index in [2.05, 4.69) is 5.32 Å². The molecule has 1 heterocycles. The third-order valence-electron chi connectivity index (χ3n) is 3.54. The van der Waals surface area contributed by atoms with Crippen molar-refractivity contribution in [2.45, 2.75) is 31.7 Å². The van der Waals surface area contributed by atoms with E-state index in [4.69, 9.17) is 0 Å². The van der Waals surface area contributed by atoms with Gasteiger partial charge in [0.15, 0.2) is 0 Å². The normalized spacial score (nSPS) is 25.1. The Morgan fingerprint density at radius 3 is 2.58 bits per heavy atom. The van der Waals surface area contributed by atoms with Gasteiger partial charge < -0.3 is 10.2 Å². The molecule has 1 saturated carbocycles. The summed E-state index contributed by atoms with van der Waals surface area (Å²) in [5, 5.41) is 2.78. The fourth-order valence-corrected chi connectivity index (χ4v) is 2.99. The summed E-state index contributed by atoms with van der Waals surface area (Å²) in [5.41, 5.74) is 0. The summed E-state index contributed by atoms with van der Waals surface area (Å²) in [6, 6.07) is -0.395. The number of carbonyl (C=O) groups is 2. The summed E-state index contributed by atoms with van der Waals surface area (Å²) in [4.78, 5) is 25.5. The van der Waals surface area contributed by atoms with Crippen LogP contribution in [-0.2, 0) is 19.4 Å². The Labute approximate surface area is 113 Å². The van der Waals surface area contributed by atoms with Crippen LogP contribution in [0.5, 0.6) is 0 Å². The molecule has 108 valence electrons. The Bertz CT molecular complexity index is 470. The van der Waals surface area contributed by atoms with Crippen LogP contribution in [0.4, 0.5) is 0 Å². The number of rotatable bonds is 5. The molecule has 0 aromatic heterocycles. The van der Waals surface area contributed by atoms with Crippen molar-refractivity contribution in [1.82, 2.24) is 10.2 Å². The summed E-state index contributed by atoms with van der Waals surface area (Å²) < 4.78 is 22.2. The fraction of sp³-hybridized carbons (Fsp3) is 0.833. The molecule has 2 amide bonds. The van der Waals surface area contributed by atoms with Crippen molar-refractivity contribution in [3.8, 4) is 0 Å². The molecule has 2 fully saturated rings. The van der Waals surface area contributed by atoms with E-state index in [1.165, 1.54) is 6.26 Å². The van der Waals surface area contributed by atoms with Gasteiger partial charge in [0.25, 0.3) is 0 Å². The first-order valence-corrected chi connectivity index (χ1v) is 8.69. The summed E-state index contributed by atoms with van der Waals surface area (Å²) in [6.45, 7) is 0.793. The molecule has 1 aliphatic heterocycles. The first kappa shape index (κ1) is 14.3. The molecule has 1 atom stereocenters. The minimum Gasteiger partial charge on any atom is -0.344 e. The van der Waals surface area contributed by atoms with Gasteiger partial charge in [0, 0.05) is 25.8 Å². The van der Waals surface area contributed by atoms with E-state index in [1.807, 2.05) is 0 Å². The number of nitrogens with one attached hydrogen (secondary N) is 1. The van der Waals surface area contributed by atoms with E-state index < -0.39 is 15.9 Å². The predicted octanol–water partition coefficient (Wildman–Crippen LogP) is -0.452. The van der Waals surface area contributed by atoms with Gasteiger partial charge in [0.05, 0.1) is 5.75 Å². The zero-order chi connectivity index (χ0) is 14.0. The minimum absolute atomic E-state index is 0.0538. The summed E-state index contributed by atoms with van der Waals surface area (Å²) in [6.07, 6.45) is 3.88. The maximum Gasteiger partial charge on any atom is 0.245 e. The van der Waals surface area contributed by atoms with E-state index in [0.29, 0.717) is 25.9 Å². The van der Waals surface area contributed by atoms with E-state index in [-0.39, 0.29) is 23.5 Å². The second-order valence-electron chi connectivity index (χ2n) is 5.44. The Morgan fingerprint density at radius 1 is 1.32 bits per heavy atom. The van der Waals surface area contributed by atoms with Crippen LogP contribution in [-0.4, -0.2) is 56.3 Å². The molecule has 1 N–H and O–H groups in total.